The first kappa shape index (κ1) is 18.3. The second-order valence-corrected chi connectivity index (χ2v) is 6.82. The van der Waals surface area contributed by atoms with Gasteiger partial charge in [0.2, 0.25) is 5.91 Å². The summed E-state index contributed by atoms with van der Waals surface area (Å²) in [7, 11) is 5.68. The largest absolute Gasteiger partial charge is 0.497 e. The normalized spacial score (nSPS) is 17.2. The summed E-state index contributed by atoms with van der Waals surface area (Å²) in [5, 5.41) is 3.10. The zero-order chi connectivity index (χ0) is 18.5. The zero-order valence-electron chi connectivity index (χ0n) is 15.6. The standard InChI is InChI=1S/C21H26N2O3/c1-23(2)19(15-8-6-9-18(12-15)25-3)13-22-21(24)17-11-16-7-4-5-10-20(16)26-14-17/h4-10,12,17,19H,11,13-14H2,1-3H3,(H,22,24). The van der Waals surface area contributed by atoms with Crippen LogP contribution in [0.25, 0.3) is 0 Å². The molecule has 0 saturated heterocycles. The average Bonchev–Trinajstić information content (AvgIpc) is 2.67. The number of benzene rings is 2. The van der Waals surface area contributed by atoms with E-state index in [0.717, 1.165) is 22.6 Å². The van der Waals surface area contributed by atoms with Gasteiger partial charge in [-0.1, -0.05) is 30.3 Å². The predicted octanol–water partition coefficient (Wildman–Crippen LogP) is 2.67. The number of ether oxygens (including phenoxy) is 2. The van der Waals surface area contributed by atoms with Gasteiger partial charge in [-0.3, -0.25) is 4.79 Å². The Kier molecular flexibility index (Phi) is 5.78. The molecule has 1 aliphatic heterocycles. The maximum atomic E-state index is 12.7. The lowest BCUT2D eigenvalue weighted by Gasteiger charge is -2.28. The highest BCUT2D eigenvalue weighted by Gasteiger charge is 2.26. The summed E-state index contributed by atoms with van der Waals surface area (Å²) in [6.07, 6.45) is 0.716. The van der Waals surface area contributed by atoms with Gasteiger partial charge in [0, 0.05) is 6.54 Å². The van der Waals surface area contributed by atoms with Gasteiger partial charge in [-0.2, -0.15) is 0 Å². The van der Waals surface area contributed by atoms with Gasteiger partial charge in [-0.15, -0.1) is 0 Å². The van der Waals surface area contributed by atoms with Crippen molar-refractivity contribution in [2.75, 3.05) is 34.4 Å². The SMILES string of the molecule is COc1cccc(C(CNC(=O)C2COc3ccccc3C2)N(C)C)c1. The van der Waals surface area contributed by atoms with E-state index in [0.29, 0.717) is 19.6 Å². The van der Waals surface area contributed by atoms with Crippen molar-refractivity contribution >= 4 is 5.91 Å². The van der Waals surface area contributed by atoms with Gasteiger partial charge in [0.25, 0.3) is 0 Å². The lowest BCUT2D eigenvalue weighted by atomic mass is 9.96. The van der Waals surface area contributed by atoms with Crippen molar-refractivity contribution in [3.05, 3.63) is 59.7 Å². The van der Waals surface area contributed by atoms with E-state index in [9.17, 15) is 4.79 Å². The predicted molar refractivity (Wildman–Crippen MR) is 102 cm³/mol. The van der Waals surface area contributed by atoms with Crippen LogP contribution in [-0.2, 0) is 11.2 Å². The summed E-state index contributed by atoms with van der Waals surface area (Å²) in [4.78, 5) is 14.8. The van der Waals surface area contributed by atoms with E-state index in [-0.39, 0.29) is 17.9 Å². The molecule has 2 unspecified atom stereocenters. The minimum atomic E-state index is -0.155. The summed E-state index contributed by atoms with van der Waals surface area (Å²) in [6.45, 7) is 0.964. The Morgan fingerprint density at radius 1 is 1.27 bits per heavy atom. The van der Waals surface area contributed by atoms with E-state index in [4.69, 9.17) is 9.47 Å². The minimum absolute atomic E-state index is 0.0363. The maximum absolute atomic E-state index is 12.7. The van der Waals surface area contributed by atoms with E-state index in [2.05, 4.69) is 16.3 Å². The van der Waals surface area contributed by atoms with Gasteiger partial charge >= 0.3 is 0 Å². The Morgan fingerprint density at radius 2 is 2.08 bits per heavy atom. The molecule has 2 aromatic rings. The zero-order valence-corrected chi connectivity index (χ0v) is 15.6. The number of hydrogen-bond acceptors (Lipinski definition) is 4. The number of carbonyl (C=O) groups is 1. The third-order valence-corrected chi connectivity index (χ3v) is 4.82. The van der Waals surface area contributed by atoms with E-state index in [1.807, 2.05) is 56.6 Å². The van der Waals surface area contributed by atoms with Crippen LogP contribution in [0.1, 0.15) is 17.2 Å². The molecule has 0 bridgehead atoms. The molecule has 0 spiro atoms. The number of fused-ring (bicyclic) bond motifs is 1. The van der Waals surface area contributed by atoms with Crippen molar-refractivity contribution in [2.24, 2.45) is 5.92 Å². The lowest BCUT2D eigenvalue weighted by Crippen LogP contribution is -2.41. The van der Waals surface area contributed by atoms with Gasteiger partial charge in [-0.05, 0) is 49.8 Å². The van der Waals surface area contributed by atoms with Crippen molar-refractivity contribution in [3.63, 3.8) is 0 Å². The van der Waals surface area contributed by atoms with Crippen LogP contribution in [-0.4, -0.2) is 45.2 Å². The fourth-order valence-electron chi connectivity index (χ4n) is 3.29. The highest BCUT2D eigenvalue weighted by molar-refractivity contribution is 5.79. The monoisotopic (exact) mass is 354 g/mol. The molecule has 26 heavy (non-hydrogen) atoms. The molecule has 1 N–H and O–H groups in total. The maximum Gasteiger partial charge on any atom is 0.226 e. The molecule has 0 aromatic heterocycles. The number of rotatable bonds is 6. The second-order valence-electron chi connectivity index (χ2n) is 6.82. The number of nitrogens with zero attached hydrogens (tertiary/aromatic N) is 1. The van der Waals surface area contributed by atoms with Crippen LogP contribution >= 0.6 is 0 Å². The van der Waals surface area contributed by atoms with Crippen molar-refractivity contribution < 1.29 is 14.3 Å². The van der Waals surface area contributed by atoms with E-state index in [1.165, 1.54) is 0 Å². The Bertz CT molecular complexity index is 760. The molecule has 0 fully saturated rings. The first-order valence-electron chi connectivity index (χ1n) is 8.87. The average molecular weight is 354 g/mol. The molecule has 0 radical (unpaired) electrons. The number of likely N-dealkylation sites (N-methyl/N-ethyl adjacent to an activating group) is 1. The highest BCUT2D eigenvalue weighted by atomic mass is 16.5. The van der Waals surface area contributed by atoms with E-state index >= 15 is 0 Å². The molecule has 138 valence electrons. The fraction of sp³-hybridized carbons (Fsp3) is 0.381. The first-order valence-corrected chi connectivity index (χ1v) is 8.87. The summed E-state index contributed by atoms with van der Waals surface area (Å²) in [6, 6.07) is 15.9. The molecule has 0 aliphatic carbocycles. The molecule has 3 rings (SSSR count). The molecule has 5 heteroatoms. The number of methoxy groups -OCH3 is 1. The molecular weight excluding hydrogens is 328 g/mol. The molecule has 2 aromatic carbocycles. The fourth-order valence-corrected chi connectivity index (χ4v) is 3.29. The first-order chi connectivity index (χ1) is 12.6. The Balaban J connectivity index is 1.63. The molecule has 5 nitrogen and oxygen atoms in total. The van der Waals surface area contributed by atoms with Crippen LogP contribution in [0.2, 0.25) is 0 Å². The third-order valence-electron chi connectivity index (χ3n) is 4.82. The second kappa shape index (κ2) is 8.23. The van der Waals surface area contributed by atoms with Crippen molar-refractivity contribution in [3.8, 4) is 11.5 Å². The molecular formula is C21H26N2O3. The van der Waals surface area contributed by atoms with Gasteiger partial charge in [-0.25, -0.2) is 0 Å². The molecule has 1 amide bonds. The van der Waals surface area contributed by atoms with Crippen LogP contribution in [0.5, 0.6) is 11.5 Å². The van der Waals surface area contributed by atoms with Crippen LogP contribution in [0.4, 0.5) is 0 Å². The van der Waals surface area contributed by atoms with Gasteiger partial charge < -0.3 is 19.7 Å². The third kappa shape index (κ3) is 4.17. The van der Waals surface area contributed by atoms with Gasteiger partial charge in [0.05, 0.1) is 19.1 Å². The summed E-state index contributed by atoms with van der Waals surface area (Å²) in [5.41, 5.74) is 2.20. The highest BCUT2D eigenvalue weighted by Crippen LogP contribution is 2.27. The Labute approximate surface area is 154 Å². The quantitative estimate of drug-likeness (QED) is 0.867. The van der Waals surface area contributed by atoms with Gasteiger partial charge in [0.15, 0.2) is 0 Å². The van der Waals surface area contributed by atoms with Crippen LogP contribution in [0, 0.1) is 5.92 Å². The summed E-state index contributed by atoms with van der Waals surface area (Å²) >= 11 is 0. The molecule has 1 heterocycles. The number of nitrogens with one attached hydrogen (secondary N) is 1. The van der Waals surface area contributed by atoms with Crippen molar-refractivity contribution in [1.82, 2.24) is 10.2 Å². The molecule has 0 saturated carbocycles. The van der Waals surface area contributed by atoms with E-state index in [1.54, 1.807) is 7.11 Å². The lowest BCUT2D eigenvalue weighted by molar-refractivity contribution is -0.126. The van der Waals surface area contributed by atoms with Crippen molar-refractivity contribution in [1.29, 1.82) is 0 Å². The van der Waals surface area contributed by atoms with Crippen molar-refractivity contribution in [2.45, 2.75) is 12.5 Å². The summed E-state index contributed by atoms with van der Waals surface area (Å²) in [5.74, 6) is 1.59. The minimum Gasteiger partial charge on any atom is -0.497 e. The Morgan fingerprint density at radius 3 is 2.85 bits per heavy atom. The van der Waals surface area contributed by atoms with E-state index < -0.39 is 0 Å². The smallest absolute Gasteiger partial charge is 0.226 e. The van der Waals surface area contributed by atoms with Crippen LogP contribution in [0.15, 0.2) is 48.5 Å². The Hall–Kier alpha value is -2.53. The molecule has 1 aliphatic rings. The number of carbonyl (C=O) groups excluding carboxylic acids is 1. The van der Waals surface area contributed by atoms with Gasteiger partial charge in [0.1, 0.15) is 18.1 Å². The topological polar surface area (TPSA) is 50.8 Å². The van der Waals surface area contributed by atoms with Crippen LogP contribution < -0.4 is 14.8 Å². The number of para-hydroxylation sites is 1. The number of amides is 1. The number of hydrogen-bond donors (Lipinski definition) is 1. The van der Waals surface area contributed by atoms with Crippen LogP contribution in [0.3, 0.4) is 0 Å². The molecule has 2 atom stereocenters. The summed E-state index contributed by atoms with van der Waals surface area (Å²) < 4.78 is 11.1.